The van der Waals surface area contributed by atoms with Crippen LogP contribution in [0.15, 0.2) is 174 Å². The van der Waals surface area contributed by atoms with E-state index in [9.17, 15) is 0 Å². The van der Waals surface area contributed by atoms with Gasteiger partial charge in [-0.2, -0.15) is 0 Å². The van der Waals surface area contributed by atoms with Crippen LogP contribution in [-0.2, 0) is 0 Å². The topological polar surface area (TPSA) is 19.0 Å². The molecule has 0 fully saturated rings. The van der Waals surface area contributed by atoms with Crippen LogP contribution in [0.5, 0.6) is 11.5 Å². The van der Waals surface area contributed by atoms with Crippen LogP contribution >= 0.6 is 11.8 Å². The fourth-order valence-corrected chi connectivity index (χ4v) is 10.6. The molecule has 57 heavy (non-hydrogen) atoms. The van der Waals surface area contributed by atoms with E-state index in [0.29, 0.717) is 0 Å². The lowest BCUT2D eigenvalue weighted by molar-refractivity contribution is 0.477. The molecule has 0 atom stereocenters. The first-order valence-corrected chi connectivity index (χ1v) is 20.4. The number of benzene rings is 8. The van der Waals surface area contributed by atoms with E-state index in [4.69, 9.17) is 4.74 Å². The third-order valence-corrected chi connectivity index (χ3v) is 13.2. The Kier molecular flexibility index (Phi) is 6.97. The van der Waals surface area contributed by atoms with Gasteiger partial charge >= 0.3 is 0 Å². The third kappa shape index (κ3) is 4.71. The number of rotatable bonds is 4. The number of anilines is 9. The Morgan fingerprint density at radius 2 is 1.12 bits per heavy atom. The average molecular weight is 750 g/mol. The molecule has 0 saturated heterocycles. The predicted molar refractivity (Wildman–Crippen MR) is 239 cm³/mol. The Morgan fingerprint density at radius 3 is 1.86 bits per heavy atom. The largest absolute Gasteiger partial charge is 0.453 e. The van der Waals surface area contributed by atoms with Crippen molar-refractivity contribution < 1.29 is 4.74 Å². The van der Waals surface area contributed by atoms with Gasteiger partial charge in [0.1, 0.15) is 0 Å². The minimum absolute atomic E-state index is 0.0430. The summed E-state index contributed by atoms with van der Waals surface area (Å²) >= 11 is 1.88. The predicted octanol–water partition coefficient (Wildman–Crippen LogP) is 12.4. The molecule has 0 unspecified atom stereocenters. The van der Waals surface area contributed by atoms with Crippen molar-refractivity contribution in [1.82, 2.24) is 0 Å². The molecule has 0 aromatic heterocycles. The van der Waals surface area contributed by atoms with Gasteiger partial charge in [-0.1, -0.05) is 103 Å². The molecule has 8 aromatic rings. The second-order valence-electron chi connectivity index (χ2n) is 15.5. The quantitative estimate of drug-likeness (QED) is 0.166. The second kappa shape index (κ2) is 12.2. The highest BCUT2D eigenvalue weighted by atomic mass is 32.2. The van der Waals surface area contributed by atoms with Crippen LogP contribution in [-0.4, -0.2) is 6.71 Å². The van der Waals surface area contributed by atoms with Gasteiger partial charge in [0.2, 0.25) is 0 Å². The normalized spacial score (nSPS) is 13.5. The molecule has 0 radical (unpaired) electrons. The molecule has 0 spiro atoms. The minimum Gasteiger partial charge on any atom is -0.453 e. The molecule has 270 valence electrons. The summed E-state index contributed by atoms with van der Waals surface area (Å²) < 4.78 is 6.68. The van der Waals surface area contributed by atoms with Crippen LogP contribution in [0.4, 0.5) is 51.2 Å². The smallest absolute Gasteiger partial charge is 0.252 e. The number of nitrogens with zero attached hydrogens (tertiary/aromatic N) is 3. The standard InChI is InChI=1S/C51H36BN3OS/c1-31-22-27-47-42(28-31)55-44-30-35(34-23-25-36(26-24-34)53(39-16-6-4-12-32(39)2)40-17-7-5-13-33(40)3)29-43-49(44)52(38-15-11-21-48(57-47)51(38)55)37-14-10-20-46-50(37)54(43)41-18-8-9-19-45(41)56-46/h4-30H,1-3H3. The summed E-state index contributed by atoms with van der Waals surface area (Å²) in [5.41, 5.74) is 20.6. The Balaban J connectivity index is 1.11. The molecule has 0 bridgehead atoms. The third-order valence-electron chi connectivity index (χ3n) is 12.1. The van der Waals surface area contributed by atoms with Crippen LogP contribution in [0.2, 0.25) is 0 Å². The second-order valence-corrected chi connectivity index (χ2v) is 16.6. The van der Waals surface area contributed by atoms with Gasteiger partial charge in [0.15, 0.2) is 11.5 Å². The highest BCUT2D eigenvalue weighted by molar-refractivity contribution is 7.99. The van der Waals surface area contributed by atoms with Gasteiger partial charge in [-0.3, -0.25) is 0 Å². The maximum atomic E-state index is 6.68. The molecule has 0 saturated carbocycles. The summed E-state index contributed by atoms with van der Waals surface area (Å²) in [6, 6.07) is 60.1. The van der Waals surface area contributed by atoms with Crippen molar-refractivity contribution in [1.29, 1.82) is 0 Å². The number of aryl methyl sites for hydroxylation is 3. The average Bonchev–Trinajstić information content (AvgIpc) is 3.24. The lowest BCUT2D eigenvalue weighted by Crippen LogP contribution is -2.62. The van der Waals surface area contributed by atoms with Crippen molar-refractivity contribution in [3.05, 3.63) is 180 Å². The fourth-order valence-electron chi connectivity index (χ4n) is 9.56. The Labute approximate surface area is 337 Å². The first kappa shape index (κ1) is 32.6. The van der Waals surface area contributed by atoms with E-state index in [1.807, 2.05) is 11.8 Å². The van der Waals surface area contributed by atoms with Gasteiger partial charge in [-0.15, -0.1) is 0 Å². The molecule has 0 N–H and O–H groups in total. The number of ether oxygens (including phenoxy) is 1. The number of fused-ring (bicyclic) bond motifs is 8. The molecule has 4 nitrogen and oxygen atoms in total. The molecule has 4 aliphatic rings. The van der Waals surface area contributed by atoms with Crippen molar-refractivity contribution in [3.8, 4) is 22.6 Å². The fraction of sp³-hybridized carbons (Fsp3) is 0.0588. The summed E-state index contributed by atoms with van der Waals surface area (Å²) in [5.74, 6) is 1.76. The summed E-state index contributed by atoms with van der Waals surface area (Å²) in [5, 5.41) is 0. The highest BCUT2D eigenvalue weighted by Gasteiger charge is 2.47. The van der Waals surface area contributed by atoms with E-state index in [-0.39, 0.29) is 6.71 Å². The van der Waals surface area contributed by atoms with Gasteiger partial charge in [-0.05, 0) is 138 Å². The lowest BCUT2D eigenvalue weighted by atomic mass is 9.33. The monoisotopic (exact) mass is 749 g/mol. The first-order chi connectivity index (χ1) is 28.0. The molecular formula is C51H36BN3OS. The summed E-state index contributed by atoms with van der Waals surface area (Å²) in [6.45, 7) is 6.63. The summed E-state index contributed by atoms with van der Waals surface area (Å²) in [7, 11) is 0. The minimum atomic E-state index is 0.0430. The van der Waals surface area contributed by atoms with Gasteiger partial charge in [0, 0.05) is 38.2 Å². The number of hydrogen-bond donors (Lipinski definition) is 0. The highest BCUT2D eigenvalue weighted by Crippen LogP contribution is 2.57. The van der Waals surface area contributed by atoms with E-state index in [0.717, 1.165) is 28.6 Å². The zero-order valence-corrected chi connectivity index (χ0v) is 32.6. The van der Waals surface area contributed by atoms with E-state index in [1.165, 1.54) is 88.1 Å². The number of hydrogen-bond acceptors (Lipinski definition) is 5. The van der Waals surface area contributed by atoms with E-state index in [1.54, 1.807) is 0 Å². The molecule has 0 amide bonds. The van der Waals surface area contributed by atoms with Crippen molar-refractivity contribution in [3.63, 3.8) is 0 Å². The zero-order chi connectivity index (χ0) is 37.9. The molecule has 4 aliphatic heterocycles. The Bertz CT molecular complexity index is 2950. The molecular weight excluding hydrogens is 713 g/mol. The van der Waals surface area contributed by atoms with Crippen LogP contribution in [0, 0.1) is 20.8 Å². The van der Waals surface area contributed by atoms with Gasteiger partial charge < -0.3 is 19.4 Å². The molecule has 12 rings (SSSR count). The van der Waals surface area contributed by atoms with Crippen LogP contribution in [0.3, 0.4) is 0 Å². The number of para-hydroxylation sites is 6. The van der Waals surface area contributed by atoms with Crippen LogP contribution in [0.25, 0.3) is 11.1 Å². The molecule has 4 heterocycles. The van der Waals surface area contributed by atoms with E-state index < -0.39 is 0 Å². The Morgan fingerprint density at radius 1 is 0.491 bits per heavy atom. The SMILES string of the molecule is Cc1ccc2c(c1)N1c3cc(-c4ccc(N(c5ccccc5C)c5ccccc5C)cc4)cc4c3B(c3cccc5c3N4c3ccccc3O5)c3cccc(c31)S2. The Hall–Kier alpha value is -6.63. The van der Waals surface area contributed by atoms with E-state index in [2.05, 4.69) is 199 Å². The molecule has 6 heteroatoms. The first-order valence-electron chi connectivity index (χ1n) is 19.6. The maximum absolute atomic E-state index is 6.68. The van der Waals surface area contributed by atoms with Crippen molar-refractivity contribution >= 4 is 86.0 Å². The van der Waals surface area contributed by atoms with Crippen molar-refractivity contribution in [2.75, 3.05) is 14.7 Å². The van der Waals surface area contributed by atoms with Gasteiger partial charge in [0.25, 0.3) is 6.71 Å². The van der Waals surface area contributed by atoms with Crippen molar-refractivity contribution in [2.24, 2.45) is 0 Å². The van der Waals surface area contributed by atoms with Crippen LogP contribution < -0.4 is 35.8 Å². The maximum Gasteiger partial charge on any atom is 0.252 e. The van der Waals surface area contributed by atoms with Gasteiger partial charge in [0.05, 0.1) is 22.7 Å². The molecule has 0 aliphatic carbocycles. The van der Waals surface area contributed by atoms with Gasteiger partial charge in [-0.25, -0.2) is 0 Å². The van der Waals surface area contributed by atoms with Crippen LogP contribution in [0.1, 0.15) is 16.7 Å². The lowest BCUT2D eigenvalue weighted by Gasteiger charge is -2.47. The van der Waals surface area contributed by atoms with E-state index >= 15 is 0 Å². The zero-order valence-electron chi connectivity index (χ0n) is 31.8. The molecule has 8 aromatic carbocycles. The summed E-state index contributed by atoms with van der Waals surface area (Å²) in [4.78, 5) is 9.99. The van der Waals surface area contributed by atoms with Crippen molar-refractivity contribution in [2.45, 2.75) is 30.6 Å². The summed E-state index contributed by atoms with van der Waals surface area (Å²) in [6.07, 6.45) is 0.